The fourth-order valence-corrected chi connectivity index (χ4v) is 1.62. The highest BCUT2D eigenvalue weighted by atomic mass is 35.5. The molecule has 1 amide bonds. The number of carbonyl (C=O) groups is 1. The molecule has 0 saturated heterocycles. The Bertz CT molecular complexity index is 438. The molecule has 0 bridgehead atoms. The first-order chi connectivity index (χ1) is 8.97. The molecule has 0 aliphatic carbocycles. The number of aliphatic hydroxyl groups is 1. The molecule has 0 saturated carbocycles. The Balaban J connectivity index is 2.63. The fourth-order valence-electron chi connectivity index (χ4n) is 1.41. The first-order valence-corrected chi connectivity index (χ1v) is 6.38. The van der Waals surface area contributed by atoms with E-state index in [2.05, 4.69) is 5.32 Å². The van der Waals surface area contributed by atoms with Gasteiger partial charge in [0.05, 0.1) is 17.7 Å². The second-order valence-corrected chi connectivity index (χ2v) is 4.54. The van der Waals surface area contributed by atoms with E-state index in [0.29, 0.717) is 6.42 Å². The van der Waals surface area contributed by atoms with Gasteiger partial charge in [-0.2, -0.15) is 0 Å². The van der Waals surface area contributed by atoms with Crippen LogP contribution in [0.4, 0.5) is 4.39 Å². The predicted octanol–water partition coefficient (Wildman–Crippen LogP) is 2.13. The van der Waals surface area contributed by atoms with Crippen LogP contribution in [0.1, 0.15) is 20.3 Å². The highest BCUT2D eigenvalue weighted by Crippen LogP contribution is 2.25. The van der Waals surface area contributed by atoms with Gasteiger partial charge in [-0.05, 0) is 31.5 Å². The van der Waals surface area contributed by atoms with Crippen LogP contribution in [0.25, 0.3) is 0 Å². The maximum Gasteiger partial charge on any atom is 0.261 e. The minimum Gasteiger partial charge on any atom is -0.479 e. The molecule has 6 heteroatoms. The molecule has 0 radical (unpaired) electrons. The van der Waals surface area contributed by atoms with Crippen molar-refractivity contribution in [3.8, 4) is 5.75 Å². The van der Waals surface area contributed by atoms with Crippen LogP contribution in [0.15, 0.2) is 18.2 Å². The van der Waals surface area contributed by atoms with Crippen molar-refractivity contribution in [2.24, 2.45) is 0 Å². The normalized spacial score (nSPS) is 13.7. The maximum atomic E-state index is 12.9. The standard InChI is InChI=1S/C13H17ClFNO3/c1-3-10(7-17)16-13(18)8(2)19-12-5-4-9(15)6-11(12)14/h4-6,8,10,17H,3,7H2,1-2H3,(H,16,18). The minimum atomic E-state index is -0.788. The Morgan fingerprint density at radius 1 is 1.58 bits per heavy atom. The lowest BCUT2D eigenvalue weighted by molar-refractivity contribution is -0.128. The largest absolute Gasteiger partial charge is 0.479 e. The summed E-state index contributed by atoms with van der Waals surface area (Å²) in [5.74, 6) is -0.593. The van der Waals surface area contributed by atoms with Crippen molar-refractivity contribution in [2.75, 3.05) is 6.61 Å². The third-order valence-electron chi connectivity index (χ3n) is 2.63. The summed E-state index contributed by atoms with van der Waals surface area (Å²) >= 11 is 5.80. The quantitative estimate of drug-likeness (QED) is 0.843. The number of nitrogens with one attached hydrogen (secondary N) is 1. The molecule has 19 heavy (non-hydrogen) atoms. The summed E-state index contributed by atoms with van der Waals surface area (Å²) in [6.45, 7) is 3.27. The topological polar surface area (TPSA) is 58.6 Å². The second-order valence-electron chi connectivity index (χ2n) is 4.13. The van der Waals surface area contributed by atoms with Crippen molar-refractivity contribution < 1.29 is 19.0 Å². The van der Waals surface area contributed by atoms with Crippen LogP contribution in [0.5, 0.6) is 5.75 Å². The van der Waals surface area contributed by atoms with E-state index in [4.69, 9.17) is 21.4 Å². The summed E-state index contributed by atoms with van der Waals surface area (Å²) in [5, 5.41) is 11.7. The number of ether oxygens (including phenoxy) is 1. The Hall–Kier alpha value is -1.33. The zero-order chi connectivity index (χ0) is 14.4. The van der Waals surface area contributed by atoms with E-state index in [-0.39, 0.29) is 29.3 Å². The number of aliphatic hydroxyl groups excluding tert-OH is 1. The molecule has 106 valence electrons. The van der Waals surface area contributed by atoms with Gasteiger partial charge in [0, 0.05) is 0 Å². The Kier molecular flexibility index (Phi) is 6.05. The monoisotopic (exact) mass is 289 g/mol. The van der Waals surface area contributed by atoms with Crippen molar-refractivity contribution in [3.05, 3.63) is 29.0 Å². The van der Waals surface area contributed by atoms with Crippen LogP contribution in [0.2, 0.25) is 5.02 Å². The average Bonchev–Trinajstić information content (AvgIpc) is 2.38. The molecule has 0 aliphatic rings. The van der Waals surface area contributed by atoms with Gasteiger partial charge in [-0.25, -0.2) is 4.39 Å². The number of hydrogen-bond donors (Lipinski definition) is 2. The molecule has 0 spiro atoms. The Morgan fingerprint density at radius 3 is 2.79 bits per heavy atom. The summed E-state index contributed by atoms with van der Waals surface area (Å²) in [7, 11) is 0. The van der Waals surface area contributed by atoms with Crippen LogP contribution in [-0.4, -0.2) is 29.8 Å². The van der Waals surface area contributed by atoms with Crippen LogP contribution >= 0.6 is 11.6 Å². The number of amides is 1. The lowest BCUT2D eigenvalue weighted by atomic mass is 10.2. The number of carbonyl (C=O) groups excluding carboxylic acids is 1. The third kappa shape index (κ3) is 4.69. The Labute approximate surface area is 116 Å². The molecule has 1 rings (SSSR count). The predicted molar refractivity (Wildman–Crippen MR) is 70.8 cm³/mol. The number of rotatable bonds is 6. The number of halogens is 2. The zero-order valence-electron chi connectivity index (χ0n) is 10.8. The Morgan fingerprint density at radius 2 is 2.26 bits per heavy atom. The van der Waals surface area contributed by atoms with Crippen LogP contribution in [-0.2, 0) is 4.79 Å². The molecule has 2 atom stereocenters. The molecular formula is C13H17ClFNO3. The summed E-state index contributed by atoms with van der Waals surface area (Å²) in [5.41, 5.74) is 0. The van der Waals surface area contributed by atoms with Gasteiger partial charge in [-0.1, -0.05) is 18.5 Å². The first kappa shape index (κ1) is 15.7. The second kappa shape index (κ2) is 7.31. The van der Waals surface area contributed by atoms with E-state index in [1.54, 1.807) is 6.92 Å². The fraction of sp³-hybridized carbons (Fsp3) is 0.462. The van der Waals surface area contributed by atoms with Crippen molar-refractivity contribution in [1.29, 1.82) is 0 Å². The van der Waals surface area contributed by atoms with Gasteiger partial charge >= 0.3 is 0 Å². The average molecular weight is 290 g/mol. The first-order valence-electron chi connectivity index (χ1n) is 6.00. The van der Waals surface area contributed by atoms with Crippen molar-refractivity contribution in [1.82, 2.24) is 5.32 Å². The van der Waals surface area contributed by atoms with E-state index in [1.165, 1.54) is 12.1 Å². The van der Waals surface area contributed by atoms with E-state index in [9.17, 15) is 9.18 Å². The van der Waals surface area contributed by atoms with E-state index < -0.39 is 11.9 Å². The van der Waals surface area contributed by atoms with E-state index in [0.717, 1.165) is 6.07 Å². The lowest BCUT2D eigenvalue weighted by Crippen LogP contribution is -2.43. The molecule has 0 aromatic heterocycles. The summed E-state index contributed by atoms with van der Waals surface area (Å²) in [4.78, 5) is 11.8. The van der Waals surface area contributed by atoms with Crippen LogP contribution in [0, 0.1) is 5.82 Å². The number of hydrogen-bond acceptors (Lipinski definition) is 3. The molecule has 0 heterocycles. The minimum absolute atomic E-state index is 0.105. The van der Waals surface area contributed by atoms with Crippen LogP contribution < -0.4 is 10.1 Å². The smallest absolute Gasteiger partial charge is 0.261 e. The maximum absolute atomic E-state index is 12.9. The molecular weight excluding hydrogens is 273 g/mol. The van der Waals surface area contributed by atoms with Crippen LogP contribution in [0.3, 0.4) is 0 Å². The highest BCUT2D eigenvalue weighted by molar-refractivity contribution is 6.32. The molecule has 2 unspecified atom stereocenters. The van der Waals surface area contributed by atoms with Gasteiger partial charge in [0.2, 0.25) is 0 Å². The lowest BCUT2D eigenvalue weighted by Gasteiger charge is -2.19. The highest BCUT2D eigenvalue weighted by Gasteiger charge is 2.18. The van der Waals surface area contributed by atoms with Gasteiger partial charge < -0.3 is 15.2 Å². The SMILES string of the molecule is CCC(CO)NC(=O)C(C)Oc1ccc(F)cc1Cl. The molecule has 4 nitrogen and oxygen atoms in total. The van der Waals surface area contributed by atoms with E-state index in [1.807, 2.05) is 6.92 Å². The summed E-state index contributed by atoms with van der Waals surface area (Å²) in [6.07, 6.45) is -0.171. The molecule has 0 aliphatic heterocycles. The van der Waals surface area contributed by atoms with E-state index >= 15 is 0 Å². The molecule has 1 aromatic carbocycles. The molecule has 2 N–H and O–H groups in total. The molecule has 0 fully saturated rings. The van der Waals surface area contributed by atoms with Gasteiger partial charge in [0.1, 0.15) is 11.6 Å². The summed E-state index contributed by atoms with van der Waals surface area (Å²) in [6, 6.07) is 3.38. The van der Waals surface area contributed by atoms with Crippen molar-refractivity contribution >= 4 is 17.5 Å². The third-order valence-corrected chi connectivity index (χ3v) is 2.92. The zero-order valence-corrected chi connectivity index (χ0v) is 11.6. The van der Waals surface area contributed by atoms with Gasteiger partial charge in [0.25, 0.3) is 5.91 Å². The number of benzene rings is 1. The van der Waals surface area contributed by atoms with Crippen molar-refractivity contribution in [3.63, 3.8) is 0 Å². The summed E-state index contributed by atoms with van der Waals surface area (Å²) < 4.78 is 18.2. The van der Waals surface area contributed by atoms with Gasteiger partial charge in [-0.15, -0.1) is 0 Å². The van der Waals surface area contributed by atoms with Crippen molar-refractivity contribution in [2.45, 2.75) is 32.4 Å². The van der Waals surface area contributed by atoms with Gasteiger partial charge in [-0.3, -0.25) is 4.79 Å². The van der Waals surface area contributed by atoms with Gasteiger partial charge in [0.15, 0.2) is 6.10 Å². The molecule has 1 aromatic rings.